The summed E-state index contributed by atoms with van der Waals surface area (Å²) >= 11 is 3.24. The molecule has 0 unspecified atom stereocenters. The van der Waals surface area contributed by atoms with Gasteiger partial charge in [0.05, 0.1) is 4.90 Å². The van der Waals surface area contributed by atoms with Crippen LogP contribution in [0.2, 0.25) is 0 Å². The minimum absolute atomic E-state index is 0.0283. The molecule has 1 N–H and O–H groups in total. The van der Waals surface area contributed by atoms with Crippen molar-refractivity contribution in [2.75, 3.05) is 0 Å². The van der Waals surface area contributed by atoms with Crippen molar-refractivity contribution in [2.24, 2.45) is 0 Å². The second kappa shape index (κ2) is 6.62. The first kappa shape index (κ1) is 16.5. The number of amides is 1. The smallest absolute Gasteiger partial charge is 0.265 e. The number of halogens is 1. The molecule has 24 heavy (non-hydrogen) atoms. The van der Waals surface area contributed by atoms with Crippen LogP contribution in [0.5, 0.6) is 0 Å². The average Bonchev–Trinajstić information content (AvgIpc) is 3.09. The molecule has 0 saturated carbocycles. The predicted molar refractivity (Wildman–Crippen MR) is 94.6 cm³/mol. The second-order valence-electron chi connectivity index (χ2n) is 5.03. The van der Waals surface area contributed by atoms with Gasteiger partial charge in [0.15, 0.2) is 0 Å². The summed E-state index contributed by atoms with van der Waals surface area (Å²) in [5.74, 6) is -0.674. The number of hydrogen-bond acceptors (Lipinski definition) is 3. The van der Waals surface area contributed by atoms with Crippen molar-refractivity contribution < 1.29 is 13.2 Å². The van der Waals surface area contributed by atoms with E-state index in [1.165, 1.54) is 12.1 Å². The Morgan fingerprint density at radius 2 is 1.62 bits per heavy atom. The van der Waals surface area contributed by atoms with E-state index < -0.39 is 15.9 Å². The van der Waals surface area contributed by atoms with Gasteiger partial charge in [-0.15, -0.1) is 0 Å². The van der Waals surface area contributed by atoms with E-state index >= 15 is 0 Å². The van der Waals surface area contributed by atoms with Crippen LogP contribution in [0.1, 0.15) is 10.4 Å². The number of benzene rings is 2. The fraction of sp³-hybridized carbons (Fsp3) is 0. The number of sulfonamides is 1. The molecule has 3 rings (SSSR count). The van der Waals surface area contributed by atoms with E-state index in [1.807, 2.05) is 35.2 Å². The first-order valence-electron chi connectivity index (χ1n) is 7.02. The van der Waals surface area contributed by atoms with E-state index in [2.05, 4.69) is 20.7 Å². The van der Waals surface area contributed by atoms with Gasteiger partial charge in [0, 0.05) is 28.1 Å². The molecule has 0 saturated heterocycles. The molecule has 1 amide bonds. The van der Waals surface area contributed by atoms with Gasteiger partial charge in [0.2, 0.25) is 0 Å². The molecule has 0 radical (unpaired) electrons. The molecule has 7 heteroatoms. The van der Waals surface area contributed by atoms with Crippen LogP contribution in [-0.2, 0) is 10.0 Å². The van der Waals surface area contributed by atoms with Gasteiger partial charge in [0.25, 0.3) is 15.9 Å². The molecule has 1 heterocycles. The number of carbonyl (C=O) groups excluding carboxylic acids is 1. The molecule has 0 fully saturated rings. The topological polar surface area (TPSA) is 68.2 Å². The highest BCUT2D eigenvalue weighted by Crippen LogP contribution is 2.16. The largest absolute Gasteiger partial charge is 0.324 e. The maximum atomic E-state index is 12.3. The highest BCUT2D eigenvalue weighted by molar-refractivity contribution is 9.10. The predicted octanol–water partition coefficient (Wildman–Crippen LogP) is 3.36. The summed E-state index contributed by atoms with van der Waals surface area (Å²) in [7, 11) is -3.92. The van der Waals surface area contributed by atoms with E-state index in [9.17, 15) is 13.2 Å². The monoisotopic (exact) mass is 404 g/mol. The molecule has 0 spiro atoms. The Kier molecular flexibility index (Phi) is 4.55. The lowest BCUT2D eigenvalue weighted by Gasteiger charge is -2.09. The van der Waals surface area contributed by atoms with Crippen LogP contribution in [-0.4, -0.2) is 18.9 Å². The molecule has 0 bridgehead atoms. The van der Waals surface area contributed by atoms with Crippen LogP contribution < -0.4 is 4.72 Å². The number of aromatic nitrogens is 1. The van der Waals surface area contributed by atoms with Crippen LogP contribution in [0.15, 0.2) is 82.4 Å². The average molecular weight is 405 g/mol. The first-order valence-corrected chi connectivity index (χ1v) is 9.29. The number of rotatable bonds is 4. The summed E-state index contributed by atoms with van der Waals surface area (Å²) in [6.45, 7) is 0. The maximum absolute atomic E-state index is 12.3. The van der Waals surface area contributed by atoms with Gasteiger partial charge < -0.3 is 4.57 Å². The van der Waals surface area contributed by atoms with E-state index in [4.69, 9.17) is 0 Å². The molecule has 1 aromatic heterocycles. The van der Waals surface area contributed by atoms with E-state index in [0.717, 1.165) is 10.2 Å². The zero-order chi connectivity index (χ0) is 17.2. The number of carbonyl (C=O) groups is 1. The molecule has 0 atom stereocenters. The van der Waals surface area contributed by atoms with Crippen LogP contribution in [0.4, 0.5) is 0 Å². The molecule has 0 aliphatic heterocycles. The third kappa shape index (κ3) is 3.58. The van der Waals surface area contributed by atoms with Crippen molar-refractivity contribution in [1.82, 2.24) is 9.29 Å². The third-order valence-electron chi connectivity index (χ3n) is 3.36. The molecular weight excluding hydrogens is 392 g/mol. The molecular formula is C17H13BrN2O3S. The van der Waals surface area contributed by atoms with Crippen molar-refractivity contribution in [3.05, 3.63) is 83.1 Å². The SMILES string of the molecule is O=C(NS(=O)(=O)c1ccc(Br)cc1)c1cccc(-n2cccc2)c1. The van der Waals surface area contributed by atoms with Gasteiger partial charge in [0.1, 0.15) is 0 Å². The van der Waals surface area contributed by atoms with Crippen LogP contribution in [0.25, 0.3) is 5.69 Å². The van der Waals surface area contributed by atoms with Gasteiger partial charge in [-0.1, -0.05) is 22.0 Å². The number of nitrogens with one attached hydrogen (secondary N) is 1. The Hall–Kier alpha value is -2.38. The summed E-state index contributed by atoms with van der Waals surface area (Å²) < 4.78 is 29.3. The van der Waals surface area contributed by atoms with E-state index in [-0.39, 0.29) is 10.5 Å². The van der Waals surface area contributed by atoms with Crippen molar-refractivity contribution in [3.8, 4) is 5.69 Å². The van der Waals surface area contributed by atoms with Gasteiger partial charge in [-0.05, 0) is 54.6 Å². The van der Waals surface area contributed by atoms with Gasteiger partial charge in [-0.3, -0.25) is 4.79 Å². The van der Waals surface area contributed by atoms with Crippen LogP contribution in [0.3, 0.4) is 0 Å². The lowest BCUT2D eigenvalue weighted by molar-refractivity contribution is 0.0981. The Morgan fingerprint density at radius 1 is 0.958 bits per heavy atom. The molecule has 3 aromatic rings. The van der Waals surface area contributed by atoms with Crippen LogP contribution >= 0.6 is 15.9 Å². The van der Waals surface area contributed by atoms with E-state index in [1.54, 1.807) is 30.3 Å². The molecule has 0 aliphatic rings. The summed E-state index contributed by atoms with van der Waals surface area (Å²) in [6, 6.07) is 16.5. The van der Waals surface area contributed by atoms with Crippen LogP contribution in [0, 0.1) is 0 Å². The molecule has 122 valence electrons. The third-order valence-corrected chi connectivity index (χ3v) is 5.24. The quantitative estimate of drug-likeness (QED) is 0.724. The number of hydrogen-bond donors (Lipinski definition) is 1. The Bertz CT molecular complexity index is 965. The minimum atomic E-state index is -3.92. The van der Waals surface area contributed by atoms with Gasteiger partial charge in [-0.2, -0.15) is 0 Å². The van der Waals surface area contributed by atoms with Crippen molar-refractivity contribution >= 4 is 31.9 Å². The summed E-state index contributed by atoms with van der Waals surface area (Å²) in [6.07, 6.45) is 3.69. The maximum Gasteiger partial charge on any atom is 0.265 e. The normalized spacial score (nSPS) is 11.2. The Labute approximate surface area is 148 Å². The summed E-state index contributed by atoms with van der Waals surface area (Å²) in [5.41, 5.74) is 1.04. The summed E-state index contributed by atoms with van der Waals surface area (Å²) in [4.78, 5) is 12.3. The fourth-order valence-electron chi connectivity index (χ4n) is 2.17. The van der Waals surface area contributed by atoms with Gasteiger partial charge >= 0.3 is 0 Å². The molecule has 2 aromatic carbocycles. The van der Waals surface area contributed by atoms with Crippen molar-refractivity contribution in [3.63, 3.8) is 0 Å². The van der Waals surface area contributed by atoms with Crippen molar-refractivity contribution in [2.45, 2.75) is 4.90 Å². The zero-order valence-corrected chi connectivity index (χ0v) is 14.8. The lowest BCUT2D eigenvalue weighted by Crippen LogP contribution is -2.30. The number of nitrogens with zero attached hydrogens (tertiary/aromatic N) is 1. The Balaban J connectivity index is 1.85. The minimum Gasteiger partial charge on any atom is -0.324 e. The standard InChI is InChI=1S/C17H13BrN2O3S/c18-14-6-8-16(9-7-14)24(22,23)19-17(21)13-4-3-5-15(12-13)20-10-1-2-11-20/h1-12H,(H,19,21). The second-order valence-corrected chi connectivity index (χ2v) is 7.63. The lowest BCUT2D eigenvalue weighted by atomic mass is 10.2. The van der Waals surface area contributed by atoms with E-state index in [0.29, 0.717) is 0 Å². The molecule has 5 nitrogen and oxygen atoms in total. The van der Waals surface area contributed by atoms with Crippen molar-refractivity contribution in [1.29, 1.82) is 0 Å². The highest BCUT2D eigenvalue weighted by atomic mass is 79.9. The highest BCUT2D eigenvalue weighted by Gasteiger charge is 2.18. The fourth-order valence-corrected chi connectivity index (χ4v) is 3.41. The first-order chi connectivity index (χ1) is 11.5. The zero-order valence-electron chi connectivity index (χ0n) is 12.4. The Morgan fingerprint density at radius 3 is 2.29 bits per heavy atom. The van der Waals surface area contributed by atoms with Gasteiger partial charge in [-0.25, -0.2) is 13.1 Å². The molecule has 0 aliphatic carbocycles. The summed E-state index contributed by atoms with van der Waals surface area (Å²) in [5, 5.41) is 0.